The Morgan fingerprint density at radius 2 is 1.96 bits per heavy atom. The summed E-state index contributed by atoms with van der Waals surface area (Å²) in [5.74, 6) is 0.923. The second-order valence-electron chi connectivity index (χ2n) is 6.22. The fraction of sp³-hybridized carbons (Fsp3) is 0.421. The first-order valence-corrected chi connectivity index (χ1v) is 10.4. The Kier molecular flexibility index (Phi) is 6.29. The SMILES string of the molecule is CCCc1ncc(CNC(Cc2ccsc2)c2nc(C)c(C)s2)cn1. The molecular formula is C19H24N4S2. The van der Waals surface area contributed by atoms with E-state index in [0.29, 0.717) is 0 Å². The van der Waals surface area contributed by atoms with Crippen LogP contribution in [-0.2, 0) is 19.4 Å². The van der Waals surface area contributed by atoms with Gasteiger partial charge in [-0.1, -0.05) is 6.92 Å². The van der Waals surface area contributed by atoms with E-state index in [-0.39, 0.29) is 6.04 Å². The summed E-state index contributed by atoms with van der Waals surface area (Å²) in [4.78, 5) is 15.0. The normalized spacial score (nSPS) is 12.4. The monoisotopic (exact) mass is 372 g/mol. The van der Waals surface area contributed by atoms with Crippen molar-refractivity contribution in [2.45, 2.75) is 52.6 Å². The van der Waals surface area contributed by atoms with E-state index >= 15 is 0 Å². The maximum Gasteiger partial charge on any atom is 0.128 e. The molecule has 0 fully saturated rings. The Labute approximate surface area is 157 Å². The van der Waals surface area contributed by atoms with Crippen LogP contribution in [0.5, 0.6) is 0 Å². The average Bonchev–Trinajstić information content (AvgIpc) is 3.23. The van der Waals surface area contributed by atoms with E-state index in [1.165, 1.54) is 10.4 Å². The van der Waals surface area contributed by atoms with Crippen molar-refractivity contribution in [2.24, 2.45) is 0 Å². The van der Waals surface area contributed by atoms with E-state index in [1.807, 2.05) is 12.4 Å². The van der Waals surface area contributed by atoms with Gasteiger partial charge in [-0.2, -0.15) is 11.3 Å². The number of thiazole rings is 1. The second kappa shape index (κ2) is 8.65. The number of hydrogen-bond acceptors (Lipinski definition) is 6. The molecule has 0 aliphatic rings. The second-order valence-corrected chi connectivity index (χ2v) is 8.24. The van der Waals surface area contributed by atoms with Crippen LogP contribution in [0.3, 0.4) is 0 Å². The molecule has 3 heterocycles. The van der Waals surface area contributed by atoms with Gasteiger partial charge >= 0.3 is 0 Å². The molecule has 4 nitrogen and oxygen atoms in total. The van der Waals surface area contributed by atoms with Crippen LogP contribution in [-0.4, -0.2) is 15.0 Å². The number of nitrogens with one attached hydrogen (secondary N) is 1. The van der Waals surface area contributed by atoms with Crippen LogP contribution in [0.4, 0.5) is 0 Å². The highest BCUT2D eigenvalue weighted by atomic mass is 32.1. The average molecular weight is 373 g/mol. The highest BCUT2D eigenvalue weighted by Crippen LogP contribution is 2.26. The molecule has 25 heavy (non-hydrogen) atoms. The molecule has 0 bridgehead atoms. The molecule has 1 atom stereocenters. The third-order valence-electron chi connectivity index (χ3n) is 4.15. The Bertz CT molecular complexity index is 759. The van der Waals surface area contributed by atoms with Crippen LogP contribution >= 0.6 is 22.7 Å². The summed E-state index contributed by atoms with van der Waals surface area (Å²) in [6.45, 7) is 7.11. The number of aryl methyl sites for hydroxylation is 3. The number of thiophene rings is 1. The molecule has 3 aromatic heterocycles. The van der Waals surface area contributed by atoms with Crippen LogP contribution in [0.25, 0.3) is 0 Å². The van der Waals surface area contributed by atoms with Gasteiger partial charge in [0.25, 0.3) is 0 Å². The molecular weight excluding hydrogens is 348 g/mol. The standard InChI is InChI=1S/C19H24N4S2/c1-4-5-18-21-10-16(11-22-18)9-20-17(8-15-6-7-24-12-15)19-23-13(2)14(3)25-19/h6-7,10-12,17,20H,4-5,8-9H2,1-3H3. The van der Waals surface area contributed by atoms with Crippen molar-refractivity contribution in [1.82, 2.24) is 20.3 Å². The number of aromatic nitrogens is 3. The first kappa shape index (κ1) is 18.2. The lowest BCUT2D eigenvalue weighted by Crippen LogP contribution is -2.23. The summed E-state index contributed by atoms with van der Waals surface area (Å²) in [5.41, 5.74) is 3.59. The summed E-state index contributed by atoms with van der Waals surface area (Å²) in [7, 11) is 0. The van der Waals surface area contributed by atoms with Crippen molar-refractivity contribution in [1.29, 1.82) is 0 Å². The summed E-state index contributed by atoms with van der Waals surface area (Å²) < 4.78 is 0. The lowest BCUT2D eigenvalue weighted by Gasteiger charge is -2.16. The van der Waals surface area contributed by atoms with E-state index in [2.05, 4.69) is 52.9 Å². The predicted molar refractivity (Wildman–Crippen MR) is 105 cm³/mol. The molecule has 0 saturated heterocycles. The molecule has 0 amide bonds. The van der Waals surface area contributed by atoms with Crippen molar-refractivity contribution >= 4 is 22.7 Å². The van der Waals surface area contributed by atoms with Crippen molar-refractivity contribution in [2.75, 3.05) is 0 Å². The van der Waals surface area contributed by atoms with Crippen molar-refractivity contribution < 1.29 is 0 Å². The molecule has 0 aliphatic heterocycles. The molecule has 1 N–H and O–H groups in total. The van der Waals surface area contributed by atoms with Crippen LogP contribution in [0.1, 0.15) is 51.9 Å². The fourth-order valence-electron chi connectivity index (χ4n) is 2.60. The van der Waals surface area contributed by atoms with Crippen molar-refractivity contribution in [3.05, 3.63) is 61.8 Å². The third-order valence-corrected chi connectivity index (χ3v) is 6.07. The molecule has 0 aromatic carbocycles. The summed E-state index contributed by atoms with van der Waals surface area (Å²) in [6, 6.07) is 2.40. The van der Waals surface area contributed by atoms with Crippen molar-refractivity contribution in [3.63, 3.8) is 0 Å². The van der Waals surface area contributed by atoms with Gasteiger partial charge in [0.05, 0.1) is 11.7 Å². The van der Waals surface area contributed by atoms with Crippen molar-refractivity contribution in [3.8, 4) is 0 Å². The Morgan fingerprint density at radius 1 is 1.16 bits per heavy atom. The van der Waals surface area contributed by atoms with Gasteiger partial charge in [0, 0.05) is 35.8 Å². The van der Waals surface area contributed by atoms with Gasteiger partial charge in [0.15, 0.2) is 0 Å². The maximum atomic E-state index is 4.77. The van der Waals surface area contributed by atoms with E-state index in [9.17, 15) is 0 Å². The Hall–Kier alpha value is -1.63. The van der Waals surface area contributed by atoms with Gasteiger partial charge in [0.2, 0.25) is 0 Å². The zero-order valence-electron chi connectivity index (χ0n) is 15.0. The summed E-state index contributed by atoms with van der Waals surface area (Å²) >= 11 is 3.53. The zero-order valence-corrected chi connectivity index (χ0v) is 16.6. The molecule has 0 saturated carbocycles. The number of hydrogen-bond donors (Lipinski definition) is 1. The molecule has 3 rings (SSSR count). The predicted octanol–water partition coefficient (Wildman–Crippen LogP) is 4.64. The molecule has 132 valence electrons. The summed E-state index contributed by atoms with van der Waals surface area (Å²) in [5, 5.41) is 9.16. The first-order chi connectivity index (χ1) is 12.2. The number of nitrogens with zero attached hydrogens (tertiary/aromatic N) is 3. The van der Waals surface area contributed by atoms with Gasteiger partial charge in [-0.05, 0) is 49.1 Å². The van der Waals surface area contributed by atoms with E-state index in [1.54, 1.807) is 22.7 Å². The van der Waals surface area contributed by atoms with Gasteiger partial charge in [0.1, 0.15) is 10.8 Å². The highest BCUT2D eigenvalue weighted by molar-refractivity contribution is 7.11. The lowest BCUT2D eigenvalue weighted by molar-refractivity contribution is 0.526. The van der Waals surface area contributed by atoms with E-state index in [0.717, 1.165) is 47.9 Å². The number of rotatable bonds is 8. The minimum atomic E-state index is 0.210. The topological polar surface area (TPSA) is 50.7 Å². The Morgan fingerprint density at radius 3 is 2.56 bits per heavy atom. The molecule has 0 aliphatic carbocycles. The zero-order chi connectivity index (χ0) is 17.6. The van der Waals surface area contributed by atoms with Crippen LogP contribution < -0.4 is 5.32 Å². The third kappa shape index (κ3) is 4.93. The fourth-order valence-corrected chi connectivity index (χ4v) is 4.28. The van der Waals surface area contributed by atoms with Crippen LogP contribution in [0.15, 0.2) is 29.2 Å². The van der Waals surface area contributed by atoms with Gasteiger partial charge < -0.3 is 5.32 Å². The smallest absolute Gasteiger partial charge is 0.128 e. The first-order valence-electron chi connectivity index (χ1n) is 8.64. The van der Waals surface area contributed by atoms with E-state index in [4.69, 9.17) is 4.98 Å². The van der Waals surface area contributed by atoms with Gasteiger partial charge in [-0.15, -0.1) is 11.3 Å². The Balaban J connectivity index is 1.70. The highest BCUT2D eigenvalue weighted by Gasteiger charge is 2.17. The van der Waals surface area contributed by atoms with Gasteiger partial charge in [-0.25, -0.2) is 15.0 Å². The largest absolute Gasteiger partial charge is 0.303 e. The minimum absolute atomic E-state index is 0.210. The molecule has 0 radical (unpaired) electrons. The van der Waals surface area contributed by atoms with Crippen LogP contribution in [0, 0.1) is 13.8 Å². The minimum Gasteiger partial charge on any atom is -0.303 e. The molecule has 1 unspecified atom stereocenters. The molecule has 0 spiro atoms. The van der Waals surface area contributed by atoms with E-state index < -0.39 is 0 Å². The maximum absolute atomic E-state index is 4.77. The van der Waals surface area contributed by atoms with Gasteiger partial charge in [-0.3, -0.25) is 0 Å². The summed E-state index contributed by atoms with van der Waals surface area (Å²) in [6.07, 6.45) is 6.83. The molecule has 3 aromatic rings. The quantitative estimate of drug-likeness (QED) is 0.626. The lowest BCUT2D eigenvalue weighted by atomic mass is 10.1. The van der Waals surface area contributed by atoms with Crippen LogP contribution in [0.2, 0.25) is 0 Å². The molecule has 6 heteroatoms.